The summed E-state index contributed by atoms with van der Waals surface area (Å²) in [6, 6.07) is 15.1. The Morgan fingerprint density at radius 1 is 1.09 bits per heavy atom. The maximum absolute atomic E-state index is 12.1. The average molecular weight is 447 g/mol. The second-order valence-electron chi connectivity index (χ2n) is 6.82. The number of hydrogen-bond donors (Lipinski definition) is 1. The van der Waals surface area contributed by atoms with Gasteiger partial charge in [-0.15, -0.1) is 6.58 Å². The van der Waals surface area contributed by atoms with Crippen molar-refractivity contribution in [3.05, 3.63) is 79.0 Å². The summed E-state index contributed by atoms with van der Waals surface area (Å²) >= 11 is 0. The van der Waals surface area contributed by atoms with Gasteiger partial charge in [-0.1, -0.05) is 24.3 Å². The van der Waals surface area contributed by atoms with Crippen LogP contribution < -0.4 is 14.8 Å². The van der Waals surface area contributed by atoms with Gasteiger partial charge >= 0.3 is 5.97 Å². The first kappa shape index (κ1) is 23.3. The number of nitrogens with zero attached hydrogens (tertiary/aromatic N) is 2. The molecule has 0 unspecified atom stereocenters. The average Bonchev–Trinajstić information content (AvgIpc) is 3.29. The molecule has 0 spiro atoms. The lowest BCUT2D eigenvalue weighted by molar-refractivity contribution is -0.143. The molecule has 1 heterocycles. The molecular formula is C25H25N3O5. The molecule has 0 aliphatic carbocycles. The monoisotopic (exact) mass is 447 g/mol. The Balaban J connectivity index is 1.89. The first-order valence-electron chi connectivity index (χ1n) is 10.2. The van der Waals surface area contributed by atoms with Crippen molar-refractivity contribution in [1.29, 1.82) is 0 Å². The van der Waals surface area contributed by atoms with Gasteiger partial charge in [0.1, 0.15) is 5.69 Å². The number of carbonyl (C=O) groups excluding carboxylic acids is 2. The molecular weight excluding hydrogens is 422 g/mol. The topological polar surface area (TPSA) is 91.7 Å². The summed E-state index contributed by atoms with van der Waals surface area (Å²) in [5.41, 5.74) is 2.95. The van der Waals surface area contributed by atoms with E-state index in [2.05, 4.69) is 11.9 Å². The molecule has 3 rings (SSSR count). The van der Waals surface area contributed by atoms with E-state index < -0.39 is 11.9 Å². The minimum absolute atomic E-state index is 0.305. The molecule has 1 amide bonds. The van der Waals surface area contributed by atoms with E-state index in [-0.39, 0.29) is 6.61 Å². The quantitative estimate of drug-likeness (QED) is 0.291. The van der Waals surface area contributed by atoms with Crippen molar-refractivity contribution >= 4 is 18.0 Å². The van der Waals surface area contributed by atoms with E-state index >= 15 is 0 Å². The predicted octanol–water partition coefficient (Wildman–Crippen LogP) is 3.42. The van der Waals surface area contributed by atoms with Crippen LogP contribution in [0.2, 0.25) is 0 Å². The van der Waals surface area contributed by atoms with E-state index in [9.17, 15) is 9.59 Å². The van der Waals surface area contributed by atoms with Gasteiger partial charge in [0, 0.05) is 29.9 Å². The number of ether oxygens (including phenoxy) is 3. The highest BCUT2D eigenvalue weighted by Gasteiger charge is 2.14. The first-order valence-corrected chi connectivity index (χ1v) is 10.2. The normalized spacial score (nSPS) is 10.6. The van der Waals surface area contributed by atoms with Crippen LogP contribution in [0.25, 0.3) is 23.0 Å². The standard InChI is InChI=1S/C25H25N3O5/c1-4-14-26-23(29)17-33-24(30)13-11-19-16-28(20-8-6-5-7-9-20)27-25(19)18-10-12-21(31-2)22(15-18)32-3/h4-13,15-16H,1,14,17H2,2-3H3,(H,26,29)/b13-11+. The molecule has 0 fully saturated rings. The van der Waals surface area contributed by atoms with Crippen LogP contribution in [0.3, 0.4) is 0 Å². The Bertz CT molecular complexity index is 1150. The van der Waals surface area contributed by atoms with Gasteiger partial charge in [-0.3, -0.25) is 4.79 Å². The highest BCUT2D eigenvalue weighted by Crippen LogP contribution is 2.33. The van der Waals surface area contributed by atoms with Crippen molar-refractivity contribution in [3.8, 4) is 28.4 Å². The molecule has 0 bridgehead atoms. The Kier molecular flexibility index (Phi) is 8.02. The Morgan fingerprint density at radius 3 is 2.55 bits per heavy atom. The molecule has 8 heteroatoms. The third-order valence-electron chi connectivity index (χ3n) is 4.61. The second-order valence-corrected chi connectivity index (χ2v) is 6.82. The summed E-state index contributed by atoms with van der Waals surface area (Å²) in [6.07, 6.45) is 6.21. The highest BCUT2D eigenvalue weighted by atomic mass is 16.5. The molecule has 170 valence electrons. The summed E-state index contributed by atoms with van der Waals surface area (Å²) in [5, 5.41) is 7.25. The SMILES string of the molecule is C=CCNC(=O)COC(=O)/C=C/c1cn(-c2ccccc2)nc1-c1ccc(OC)c(OC)c1. The molecule has 0 aliphatic rings. The second kappa shape index (κ2) is 11.3. The van der Waals surface area contributed by atoms with E-state index in [1.807, 2.05) is 48.7 Å². The third kappa shape index (κ3) is 6.10. The highest BCUT2D eigenvalue weighted by molar-refractivity contribution is 5.90. The van der Waals surface area contributed by atoms with Gasteiger partial charge in [0.15, 0.2) is 18.1 Å². The number of methoxy groups -OCH3 is 2. The van der Waals surface area contributed by atoms with Gasteiger partial charge in [0.25, 0.3) is 5.91 Å². The van der Waals surface area contributed by atoms with Crippen LogP contribution >= 0.6 is 0 Å². The van der Waals surface area contributed by atoms with Crippen LogP contribution in [0.15, 0.2) is 73.5 Å². The lowest BCUT2D eigenvalue weighted by atomic mass is 10.1. The summed E-state index contributed by atoms with van der Waals surface area (Å²) in [6.45, 7) is 3.44. The van der Waals surface area contributed by atoms with Crippen LogP contribution in [0.1, 0.15) is 5.56 Å². The Hall–Kier alpha value is -4.33. The van der Waals surface area contributed by atoms with E-state index in [0.29, 0.717) is 29.3 Å². The van der Waals surface area contributed by atoms with Crippen molar-refractivity contribution in [2.45, 2.75) is 0 Å². The number of benzene rings is 2. The van der Waals surface area contributed by atoms with Gasteiger partial charge in [0.05, 0.1) is 19.9 Å². The van der Waals surface area contributed by atoms with Crippen LogP contribution in [-0.2, 0) is 14.3 Å². The maximum Gasteiger partial charge on any atom is 0.331 e. The largest absolute Gasteiger partial charge is 0.493 e. The number of amides is 1. The number of para-hydroxylation sites is 1. The molecule has 0 aliphatic heterocycles. The zero-order valence-electron chi connectivity index (χ0n) is 18.5. The van der Waals surface area contributed by atoms with E-state index in [0.717, 1.165) is 11.3 Å². The molecule has 3 aromatic rings. The van der Waals surface area contributed by atoms with Crippen molar-refractivity contribution in [2.75, 3.05) is 27.4 Å². The van der Waals surface area contributed by atoms with Crippen molar-refractivity contribution in [1.82, 2.24) is 15.1 Å². The summed E-state index contributed by atoms with van der Waals surface area (Å²) in [4.78, 5) is 23.7. The minimum Gasteiger partial charge on any atom is -0.493 e. The number of nitrogens with one attached hydrogen (secondary N) is 1. The summed E-state index contributed by atoms with van der Waals surface area (Å²) in [7, 11) is 3.13. The van der Waals surface area contributed by atoms with E-state index in [1.165, 1.54) is 6.08 Å². The fourth-order valence-corrected chi connectivity index (χ4v) is 3.01. The van der Waals surface area contributed by atoms with Gasteiger partial charge in [-0.2, -0.15) is 5.10 Å². The van der Waals surface area contributed by atoms with Gasteiger partial charge in [-0.05, 0) is 36.4 Å². The fourth-order valence-electron chi connectivity index (χ4n) is 3.01. The Labute approximate surface area is 192 Å². The molecule has 1 N–H and O–H groups in total. The van der Waals surface area contributed by atoms with Crippen LogP contribution in [-0.4, -0.2) is 49.0 Å². The van der Waals surface area contributed by atoms with Crippen LogP contribution in [0.4, 0.5) is 0 Å². The molecule has 8 nitrogen and oxygen atoms in total. The lowest BCUT2D eigenvalue weighted by Crippen LogP contribution is -2.28. The molecule has 1 aromatic heterocycles. The number of hydrogen-bond acceptors (Lipinski definition) is 6. The van der Waals surface area contributed by atoms with E-state index in [1.54, 1.807) is 37.1 Å². The zero-order valence-corrected chi connectivity index (χ0v) is 18.5. The van der Waals surface area contributed by atoms with Gasteiger partial charge in [0.2, 0.25) is 0 Å². The predicted molar refractivity (Wildman–Crippen MR) is 125 cm³/mol. The molecule has 0 radical (unpaired) electrons. The zero-order chi connectivity index (χ0) is 23.6. The molecule has 33 heavy (non-hydrogen) atoms. The summed E-state index contributed by atoms with van der Waals surface area (Å²) in [5.74, 6) is 0.109. The van der Waals surface area contributed by atoms with Crippen LogP contribution in [0.5, 0.6) is 11.5 Å². The lowest BCUT2D eigenvalue weighted by Gasteiger charge is -2.09. The van der Waals surface area contributed by atoms with Crippen LogP contribution in [0, 0.1) is 0 Å². The fraction of sp³-hybridized carbons (Fsp3) is 0.160. The third-order valence-corrected chi connectivity index (χ3v) is 4.61. The molecule has 0 saturated carbocycles. The molecule has 0 saturated heterocycles. The number of esters is 1. The smallest absolute Gasteiger partial charge is 0.331 e. The molecule has 0 atom stereocenters. The molecule has 2 aromatic carbocycles. The van der Waals surface area contributed by atoms with Gasteiger partial charge in [-0.25, -0.2) is 9.48 Å². The van der Waals surface area contributed by atoms with Crippen molar-refractivity contribution in [3.63, 3.8) is 0 Å². The Morgan fingerprint density at radius 2 is 1.85 bits per heavy atom. The van der Waals surface area contributed by atoms with Crippen molar-refractivity contribution in [2.24, 2.45) is 0 Å². The summed E-state index contributed by atoms with van der Waals surface area (Å²) < 4.78 is 17.4. The van der Waals surface area contributed by atoms with Crippen molar-refractivity contribution < 1.29 is 23.8 Å². The number of rotatable bonds is 10. The first-order chi connectivity index (χ1) is 16.0. The minimum atomic E-state index is -0.644. The maximum atomic E-state index is 12.1. The van der Waals surface area contributed by atoms with Gasteiger partial charge < -0.3 is 19.5 Å². The number of carbonyl (C=O) groups is 2. The van der Waals surface area contributed by atoms with E-state index in [4.69, 9.17) is 19.3 Å². The number of aromatic nitrogens is 2.